The van der Waals surface area contributed by atoms with Crippen molar-refractivity contribution in [1.29, 1.82) is 0 Å². The zero-order chi connectivity index (χ0) is 12.2. The highest BCUT2D eigenvalue weighted by Gasteiger charge is 2.21. The molecule has 16 heavy (non-hydrogen) atoms. The second-order valence-corrected chi connectivity index (χ2v) is 6.88. The molecule has 3 N–H and O–H groups in total. The first-order chi connectivity index (χ1) is 7.37. The van der Waals surface area contributed by atoms with E-state index in [1.165, 1.54) is 19.3 Å². The summed E-state index contributed by atoms with van der Waals surface area (Å²) in [7, 11) is 0. The van der Waals surface area contributed by atoms with E-state index in [0.29, 0.717) is 11.5 Å². The van der Waals surface area contributed by atoms with Crippen LogP contribution < -0.4 is 11.1 Å². The molecule has 1 rings (SSSR count). The highest BCUT2D eigenvalue weighted by atomic mass is 14.9. The Morgan fingerprint density at radius 2 is 2.00 bits per heavy atom. The molecule has 1 fully saturated rings. The van der Waals surface area contributed by atoms with Crippen LogP contribution in [0.4, 0.5) is 0 Å². The Hall–Kier alpha value is -0.0800. The van der Waals surface area contributed by atoms with Gasteiger partial charge in [0.1, 0.15) is 0 Å². The minimum atomic E-state index is 0.353. The van der Waals surface area contributed by atoms with Gasteiger partial charge >= 0.3 is 0 Å². The molecular weight excluding hydrogens is 196 g/mol. The van der Waals surface area contributed by atoms with Crippen LogP contribution in [0.25, 0.3) is 0 Å². The Balaban J connectivity index is 2.06. The van der Waals surface area contributed by atoms with Gasteiger partial charge < -0.3 is 11.1 Å². The van der Waals surface area contributed by atoms with E-state index in [1.54, 1.807) is 0 Å². The van der Waals surface area contributed by atoms with Crippen LogP contribution in [0.5, 0.6) is 0 Å². The molecule has 3 atom stereocenters. The summed E-state index contributed by atoms with van der Waals surface area (Å²) in [6.45, 7) is 10.2. The molecule has 0 aromatic rings. The fraction of sp³-hybridized carbons (Fsp3) is 1.00. The van der Waals surface area contributed by atoms with Crippen molar-refractivity contribution in [3.05, 3.63) is 0 Å². The summed E-state index contributed by atoms with van der Waals surface area (Å²) >= 11 is 0. The molecule has 0 aliphatic heterocycles. The molecule has 0 heterocycles. The summed E-state index contributed by atoms with van der Waals surface area (Å²) < 4.78 is 0. The smallest absolute Gasteiger partial charge is 0.00697 e. The van der Waals surface area contributed by atoms with E-state index in [4.69, 9.17) is 5.73 Å². The maximum Gasteiger partial charge on any atom is 0.00697 e. The van der Waals surface area contributed by atoms with Gasteiger partial charge in [-0.1, -0.05) is 27.7 Å². The zero-order valence-electron chi connectivity index (χ0n) is 11.6. The topological polar surface area (TPSA) is 38.0 Å². The van der Waals surface area contributed by atoms with E-state index in [0.717, 1.165) is 31.3 Å². The molecule has 0 spiro atoms. The average Bonchev–Trinajstić information content (AvgIpc) is 2.48. The minimum Gasteiger partial charge on any atom is -0.328 e. The largest absolute Gasteiger partial charge is 0.328 e. The first kappa shape index (κ1) is 14.0. The van der Waals surface area contributed by atoms with Gasteiger partial charge in [-0.05, 0) is 50.0 Å². The van der Waals surface area contributed by atoms with Crippen LogP contribution in [0.15, 0.2) is 0 Å². The Bertz CT molecular complexity index is 195. The molecule has 1 aliphatic rings. The van der Waals surface area contributed by atoms with Gasteiger partial charge in [0.05, 0.1) is 0 Å². The number of rotatable bonds is 5. The van der Waals surface area contributed by atoms with Gasteiger partial charge in [-0.3, -0.25) is 0 Å². The lowest BCUT2D eigenvalue weighted by Crippen LogP contribution is -2.34. The van der Waals surface area contributed by atoms with Gasteiger partial charge in [-0.2, -0.15) is 0 Å². The van der Waals surface area contributed by atoms with E-state index < -0.39 is 0 Å². The summed E-state index contributed by atoms with van der Waals surface area (Å²) in [5.41, 5.74) is 6.49. The summed E-state index contributed by atoms with van der Waals surface area (Å²) in [4.78, 5) is 0. The molecule has 3 unspecified atom stereocenters. The lowest BCUT2D eigenvalue weighted by atomic mass is 9.87. The van der Waals surface area contributed by atoms with E-state index in [-0.39, 0.29) is 0 Å². The molecule has 0 radical (unpaired) electrons. The first-order valence-electron chi connectivity index (χ1n) is 6.86. The summed E-state index contributed by atoms with van der Waals surface area (Å²) in [5, 5.41) is 3.65. The highest BCUT2D eigenvalue weighted by molar-refractivity contribution is 4.79. The number of nitrogens with two attached hydrogens (primary N) is 1. The third-order valence-corrected chi connectivity index (χ3v) is 3.52. The molecule has 0 saturated heterocycles. The predicted molar refractivity (Wildman–Crippen MR) is 71.5 cm³/mol. The average molecular weight is 226 g/mol. The quantitative estimate of drug-likeness (QED) is 0.756. The Labute approximate surface area is 101 Å². The normalized spacial score (nSPS) is 28.3. The molecule has 1 aliphatic carbocycles. The number of hydrogen-bond acceptors (Lipinski definition) is 2. The van der Waals surface area contributed by atoms with Crippen molar-refractivity contribution in [3.63, 3.8) is 0 Å². The summed E-state index contributed by atoms with van der Waals surface area (Å²) in [5.74, 6) is 0.917. The van der Waals surface area contributed by atoms with Crippen molar-refractivity contribution in [3.8, 4) is 0 Å². The maximum absolute atomic E-state index is 6.13. The van der Waals surface area contributed by atoms with Crippen molar-refractivity contribution in [2.75, 3.05) is 6.54 Å². The molecular formula is C14H30N2. The number of hydrogen-bond donors (Lipinski definition) is 2. The SMILES string of the molecule is CC1CCC(NCCC(N)CC(C)(C)C)C1. The van der Waals surface area contributed by atoms with Crippen LogP contribution in [-0.2, 0) is 0 Å². The van der Waals surface area contributed by atoms with E-state index in [1.807, 2.05) is 0 Å². The third-order valence-electron chi connectivity index (χ3n) is 3.52. The van der Waals surface area contributed by atoms with Crippen LogP contribution in [0.2, 0.25) is 0 Å². The molecule has 0 amide bonds. The van der Waals surface area contributed by atoms with Gasteiger partial charge in [0, 0.05) is 12.1 Å². The summed E-state index contributed by atoms with van der Waals surface area (Å²) in [6, 6.07) is 1.11. The predicted octanol–water partition coefficient (Wildman–Crippen LogP) is 2.92. The van der Waals surface area contributed by atoms with Crippen molar-refractivity contribution >= 4 is 0 Å². The van der Waals surface area contributed by atoms with Crippen molar-refractivity contribution in [1.82, 2.24) is 5.32 Å². The Kier molecular flexibility index (Phi) is 5.26. The van der Waals surface area contributed by atoms with Crippen LogP contribution in [0, 0.1) is 11.3 Å². The monoisotopic (exact) mass is 226 g/mol. The molecule has 0 bridgehead atoms. The van der Waals surface area contributed by atoms with Crippen molar-refractivity contribution < 1.29 is 0 Å². The Morgan fingerprint density at radius 1 is 1.31 bits per heavy atom. The van der Waals surface area contributed by atoms with Gasteiger partial charge in [0.15, 0.2) is 0 Å². The number of nitrogens with one attached hydrogen (secondary N) is 1. The van der Waals surface area contributed by atoms with Crippen LogP contribution in [0.1, 0.15) is 59.8 Å². The van der Waals surface area contributed by atoms with E-state index >= 15 is 0 Å². The molecule has 2 heteroatoms. The summed E-state index contributed by atoms with van der Waals surface area (Å²) in [6.07, 6.45) is 6.34. The van der Waals surface area contributed by atoms with Gasteiger partial charge in [0.2, 0.25) is 0 Å². The lowest BCUT2D eigenvalue weighted by Gasteiger charge is -2.23. The van der Waals surface area contributed by atoms with Gasteiger partial charge in [0.25, 0.3) is 0 Å². The second-order valence-electron chi connectivity index (χ2n) is 6.88. The molecule has 1 saturated carbocycles. The molecule has 0 aromatic heterocycles. The molecule has 2 nitrogen and oxygen atoms in total. The van der Waals surface area contributed by atoms with Gasteiger partial charge in [-0.25, -0.2) is 0 Å². The van der Waals surface area contributed by atoms with Crippen molar-refractivity contribution in [2.45, 2.75) is 71.9 Å². The lowest BCUT2D eigenvalue weighted by molar-refractivity contribution is 0.326. The van der Waals surface area contributed by atoms with Crippen LogP contribution in [0.3, 0.4) is 0 Å². The fourth-order valence-electron chi connectivity index (χ4n) is 2.75. The zero-order valence-corrected chi connectivity index (χ0v) is 11.6. The highest BCUT2D eigenvalue weighted by Crippen LogP contribution is 2.25. The molecule has 0 aromatic carbocycles. The minimum absolute atomic E-state index is 0.353. The fourth-order valence-corrected chi connectivity index (χ4v) is 2.75. The van der Waals surface area contributed by atoms with Crippen molar-refractivity contribution in [2.24, 2.45) is 17.1 Å². The third kappa shape index (κ3) is 5.86. The first-order valence-corrected chi connectivity index (χ1v) is 6.86. The Morgan fingerprint density at radius 3 is 2.50 bits per heavy atom. The van der Waals surface area contributed by atoms with E-state index in [9.17, 15) is 0 Å². The van der Waals surface area contributed by atoms with Crippen LogP contribution in [-0.4, -0.2) is 18.6 Å². The standard InChI is InChI=1S/C14H30N2/c1-11-5-6-13(9-11)16-8-7-12(15)10-14(2,3)4/h11-13,16H,5-10,15H2,1-4H3. The van der Waals surface area contributed by atoms with E-state index in [2.05, 4.69) is 33.0 Å². The molecule has 96 valence electrons. The maximum atomic E-state index is 6.13. The van der Waals surface area contributed by atoms with Gasteiger partial charge in [-0.15, -0.1) is 0 Å². The second kappa shape index (κ2) is 6.02. The van der Waals surface area contributed by atoms with Crippen LogP contribution >= 0.6 is 0 Å².